The van der Waals surface area contributed by atoms with Gasteiger partial charge >= 0.3 is 5.97 Å². The van der Waals surface area contributed by atoms with Crippen molar-refractivity contribution < 1.29 is 19.1 Å². The van der Waals surface area contributed by atoms with Gasteiger partial charge in [-0.3, -0.25) is 9.59 Å². The number of methoxy groups -OCH3 is 1. The maximum atomic E-state index is 11.8. The number of rotatable bonds is 4. The fraction of sp³-hybridized carbons (Fsp3) is 0.154. The molecule has 0 radical (unpaired) electrons. The van der Waals surface area contributed by atoms with Gasteiger partial charge in [0.05, 0.1) is 7.11 Å². The zero-order valence-corrected chi connectivity index (χ0v) is 10.6. The summed E-state index contributed by atoms with van der Waals surface area (Å²) in [5.74, 6) is -1.59. The molecule has 0 saturated heterocycles. The Bertz CT molecular complexity index is 509. The molecule has 0 aliphatic carbocycles. The summed E-state index contributed by atoms with van der Waals surface area (Å²) in [7, 11) is 1.18. The van der Waals surface area contributed by atoms with Crippen LogP contribution in [0.1, 0.15) is 17.3 Å². The monoisotopic (exact) mass is 263 g/mol. The highest BCUT2D eigenvalue weighted by Crippen LogP contribution is 2.00. The molecule has 6 nitrogen and oxygen atoms in total. The molecule has 100 valence electrons. The summed E-state index contributed by atoms with van der Waals surface area (Å²) < 4.78 is 4.51. The summed E-state index contributed by atoms with van der Waals surface area (Å²) in [5, 5.41) is 4.67. The van der Waals surface area contributed by atoms with E-state index in [1.54, 1.807) is 30.3 Å². The summed E-state index contributed by atoms with van der Waals surface area (Å²) in [6.07, 6.45) is 1.09. The molecule has 0 aliphatic heterocycles. The van der Waals surface area contributed by atoms with E-state index in [-0.39, 0.29) is 11.6 Å². The van der Waals surface area contributed by atoms with E-state index >= 15 is 0 Å². The van der Waals surface area contributed by atoms with Crippen LogP contribution in [0.3, 0.4) is 0 Å². The number of ether oxygens (including phenoxy) is 1. The Hall–Kier alpha value is -2.63. The second-order valence-electron chi connectivity index (χ2n) is 3.57. The first-order valence-corrected chi connectivity index (χ1v) is 5.46. The van der Waals surface area contributed by atoms with Gasteiger partial charge in [-0.05, 0) is 12.1 Å². The number of carbonyl (C=O) groups is 3. The number of carbonyl (C=O) groups excluding carboxylic acids is 3. The molecule has 1 aromatic rings. The summed E-state index contributed by atoms with van der Waals surface area (Å²) in [4.78, 5) is 34.1. The van der Waals surface area contributed by atoms with Crippen molar-refractivity contribution in [3.63, 3.8) is 0 Å². The third-order valence-corrected chi connectivity index (χ3v) is 2.11. The number of amides is 2. The quantitative estimate of drug-likeness (QED) is 0.472. The first-order valence-electron chi connectivity index (χ1n) is 5.46. The molecule has 2 amide bonds. The van der Waals surface area contributed by atoms with Gasteiger partial charge in [-0.15, -0.1) is 0 Å². The van der Waals surface area contributed by atoms with Crippen LogP contribution in [0, 0.1) is 0 Å². The zero-order valence-electron chi connectivity index (χ0n) is 10.6. The van der Waals surface area contributed by atoms with Crippen molar-refractivity contribution in [3.05, 3.63) is 47.8 Å². The second-order valence-corrected chi connectivity index (χ2v) is 3.57. The highest BCUT2D eigenvalue weighted by molar-refractivity contribution is 6.01. The van der Waals surface area contributed by atoms with E-state index in [2.05, 4.69) is 15.4 Å². The first kappa shape index (κ1) is 14.4. The van der Waals surface area contributed by atoms with Crippen LogP contribution in [-0.4, -0.2) is 24.9 Å². The SMILES string of the molecule is COC(=O)/C(=C\NC(C)=O)N[13C](=O)c1ccccc1. The van der Waals surface area contributed by atoms with E-state index in [0.717, 1.165) is 6.20 Å². The molecule has 19 heavy (non-hydrogen) atoms. The Kier molecular flexibility index (Phi) is 5.28. The van der Waals surface area contributed by atoms with Gasteiger partial charge < -0.3 is 15.4 Å². The van der Waals surface area contributed by atoms with Crippen molar-refractivity contribution in [1.29, 1.82) is 0 Å². The van der Waals surface area contributed by atoms with Gasteiger partial charge in [0, 0.05) is 18.7 Å². The summed E-state index contributed by atoms with van der Waals surface area (Å²) in [5.41, 5.74) is 0.242. The molecule has 2 N–H and O–H groups in total. The predicted molar refractivity (Wildman–Crippen MR) is 67.8 cm³/mol. The van der Waals surface area contributed by atoms with Crippen LogP contribution in [0.25, 0.3) is 0 Å². The lowest BCUT2D eigenvalue weighted by Gasteiger charge is -2.08. The summed E-state index contributed by atoms with van der Waals surface area (Å²) in [6, 6.07) is 8.37. The van der Waals surface area contributed by atoms with Gasteiger partial charge in [-0.1, -0.05) is 18.2 Å². The third kappa shape index (κ3) is 4.63. The Labute approximate surface area is 110 Å². The van der Waals surface area contributed by atoms with Crippen LogP contribution in [0.15, 0.2) is 42.2 Å². The zero-order chi connectivity index (χ0) is 14.3. The van der Waals surface area contributed by atoms with Crippen molar-refractivity contribution in [2.24, 2.45) is 0 Å². The van der Waals surface area contributed by atoms with Crippen molar-refractivity contribution in [1.82, 2.24) is 10.6 Å². The maximum absolute atomic E-state index is 11.8. The van der Waals surface area contributed by atoms with Crippen LogP contribution in [-0.2, 0) is 14.3 Å². The highest BCUT2D eigenvalue weighted by atomic mass is 16.5. The molecule has 0 aliphatic rings. The first-order chi connectivity index (χ1) is 9.04. The molecule has 0 bridgehead atoms. The second kappa shape index (κ2) is 6.95. The molecule has 0 heterocycles. The van der Waals surface area contributed by atoms with Gasteiger partial charge in [-0.2, -0.15) is 0 Å². The minimum absolute atomic E-state index is 0.147. The van der Waals surface area contributed by atoms with Crippen LogP contribution < -0.4 is 10.6 Å². The van der Waals surface area contributed by atoms with Gasteiger partial charge in [0.15, 0.2) is 0 Å². The number of nitrogens with one attached hydrogen (secondary N) is 2. The van der Waals surface area contributed by atoms with Gasteiger partial charge in [-0.25, -0.2) is 4.79 Å². The molecule has 1 rings (SSSR count). The standard InChI is InChI=1S/C13H14N2O4/c1-9(16)14-8-11(13(18)19-2)15-12(17)10-6-4-3-5-7-10/h3-8H,1-2H3,(H,14,16)(H,15,17)/b11-8+/i12+1. The van der Waals surface area contributed by atoms with Crippen molar-refractivity contribution >= 4 is 17.8 Å². The van der Waals surface area contributed by atoms with Gasteiger partial charge in [0.2, 0.25) is 5.91 Å². The van der Waals surface area contributed by atoms with E-state index in [4.69, 9.17) is 0 Å². The molecule has 0 spiro atoms. The predicted octanol–water partition coefficient (Wildman–Crippen LogP) is 0.567. The van der Waals surface area contributed by atoms with E-state index in [1.165, 1.54) is 14.0 Å². The fourth-order valence-corrected chi connectivity index (χ4v) is 1.21. The fourth-order valence-electron chi connectivity index (χ4n) is 1.21. The van der Waals surface area contributed by atoms with Crippen molar-refractivity contribution in [2.75, 3.05) is 7.11 Å². The van der Waals surface area contributed by atoms with Crippen LogP contribution in [0.5, 0.6) is 0 Å². The maximum Gasteiger partial charge on any atom is 0.356 e. The molecule has 0 aromatic heterocycles. The average Bonchev–Trinajstić information content (AvgIpc) is 2.43. The van der Waals surface area contributed by atoms with Gasteiger partial charge in [0.25, 0.3) is 5.91 Å². The molecule has 0 unspecified atom stereocenters. The van der Waals surface area contributed by atoms with Crippen molar-refractivity contribution in [2.45, 2.75) is 6.92 Å². The van der Waals surface area contributed by atoms with Crippen LogP contribution in [0.2, 0.25) is 0 Å². The lowest BCUT2D eigenvalue weighted by molar-refractivity contribution is -0.136. The Balaban J connectivity index is 2.83. The number of hydrogen-bond donors (Lipinski definition) is 2. The lowest BCUT2D eigenvalue weighted by Crippen LogP contribution is -2.30. The van der Waals surface area contributed by atoms with E-state index < -0.39 is 11.9 Å². The Morgan fingerprint density at radius 2 is 1.79 bits per heavy atom. The van der Waals surface area contributed by atoms with E-state index in [0.29, 0.717) is 5.56 Å². The topological polar surface area (TPSA) is 84.5 Å². The lowest BCUT2D eigenvalue weighted by atomic mass is 10.3. The molecular weight excluding hydrogens is 249 g/mol. The summed E-state index contributed by atoms with van der Waals surface area (Å²) in [6.45, 7) is 1.28. The third-order valence-electron chi connectivity index (χ3n) is 2.11. The minimum Gasteiger partial charge on any atom is -0.464 e. The van der Waals surface area contributed by atoms with E-state index in [1.807, 2.05) is 0 Å². The number of benzene rings is 1. The molecule has 1 aromatic carbocycles. The molecule has 0 fully saturated rings. The van der Waals surface area contributed by atoms with E-state index in [9.17, 15) is 14.4 Å². The number of hydrogen-bond acceptors (Lipinski definition) is 4. The largest absolute Gasteiger partial charge is 0.464 e. The van der Waals surface area contributed by atoms with Gasteiger partial charge in [0.1, 0.15) is 5.70 Å². The molecular formula is C13H14N2O4. The Morgan fingerprint density at radius 3 is 2.32 bits per heavy atom. The van der Waals surface area contributed by atoms with Crippen LogP contribution in [0.4, 0.5) is 0 Å². The molecule has 0 saturated carbocycles. The van der Waals surface area contributed by atoms with Crippen LogP contribution >= 0.6 is 0 Å². The summed E-state index contributed by atoms with van der Waals surface area (Å²) >= 11 is 0. The smallest absolute Gasteiger partial charge is 0.356 e. The molecule has 0 atom stereocenters. The number of esters is 1. The normalized spacial score (nSPS) is 10.5. The molecule has 6 heteroatoms. The minimum atomic E-state index is -0.752. The Morgan fingerprint density at radius 1 is 1.16 bits per heavy atom. The highest BCUT2D eigenvalue weighted by Gasteiger charge is 2.14. The van der Waals surface area contributed by atoms with Crippen molar-refractivity contribution in [3.8, 4) is 0 Å². The average molecular weight is 263 g/mol.